The van der Waals surface area contributed by atoms with Gasteiger partial charge in [0.1, 0.15) is 0 Å². The van der Waals surface area contributed by atoms with Crippen LogP contribution in [0, 0.1) is 0 Å². The van der Waals surface area contributed by atoms with E-state index < -0.39 is 5.97 Å². The summed E-state index contributed by atoms with van der Waals surface area (Å²) in [5, 5.41) is 8.93. The highest BCUT2D eigenvalue weighted by Gasteiger charge is 2.12. The van der Waals surface area contributed by atoms with Crippen molar-refractivity contribution >= 4 is 11.7 Å². The molecule has 0 aromatic carbocycles. The van der Waals surface area contributed by atoms with Gasteiger partial charge < -0.3 is 5.11 Å². The molecule has 3 aromatic heterocycles. The summed E-state index contributed by atoms with van der Waals surface area (Å²) in [6.07, 6.45) is 6.41. The molecule has 0 saturated carbocycles. The minimum absolute atomic E-state index is 0.0241. The zero-order chi connectivity index (χ0) is 12.5. The van der Waals surface area contributed by atoms with Crippen LogP contribution in [0.1, 0.15) is 10.5 Å². The number of hydrogen-bond acceptors (Lipinski definition) is 4. The monoisotopic (exact) mass is 240 g/mol. The van der Waals surface area contributed by atoms with Gasteiger partial charge in [-0.2, -0.15) is 0 Å². The van der Waals surface area contributed by atoms with Crippen molar-refractivity contribution in [2.24, 2.45) is 0 Å². The second-order valence-corrected chi connectivity index (χ2v) is 3.67. The number of carbonyl (C=O) groups is 1. The van der Waals surface area contributed by atoms with Gasteiger partial charge in [-0.15, -0.1) is 0 Å². The van der Waals surface area contributed by atoms with Crippen LogP contribution in [0.25, 0.3) is 17.0 Å². The van der Waals surface area contributed by atoms with Crippen LogP contribution in [-0.2, 0) is 0 Å². The van der Waals surface area contributed by atoms with Crippen molar-refractivity contribution in [2.45, 2.75) is 0 Å². The second kappa shape index (κ2) is 3.92. The average molecular weight is 240 g/mol. The third-order valence-electron chi connectivity index (χ3n) is 2.56. The normalized spacial score (nSPS) is 10.7. The van der Waals surface area contributed by atoms with Gasteiger partial charge in [0.05, 0.1) is 5.69 Å². The summed E-state index contributed by atoms with van der Waals surface area (Å²) in [4.78, 5) is 22.8. The molecule has 88 valence electrons. The molecule has 3 heterocycles. The van der Waals surface area contributed by atoms with Crippen LogP contribution in [0.2, 0.25) is 0 Å². The molecular weight excluding hydrogens is 232 g/mol. The Hall–Kier alpha value is -2.76. The number of aromatic nitrogens is 4. The Bertz CT molecular complexity index is 721. The summed E-state index contributed by atoms with van der Waals surface area (Å²) in [6, 6.07) is 5.49. The molecule has 3 aromatic rings. The first kappa shape index (κ1) is 10.4. The molecule has 6 nitrogen and oxygen atoms in total. The number of carboxylic acid groups (broad SMARTS) is 1. The number of fused-ring (bicyclic) bond motifs is 1. The maximum absolute atomic E-state index is 10.9. The number of hydrogen-bond donors (Lipinski definition) is 1. The van der Waals surface area contributed by atoms with Crippen molar-refractivity contribution in [2.75, 3.05) is 0 Å². The number of rotatable bonds is 2. The fourth-order valence-corrected chi connectivity index (χ4v) is 1.75. The highest BCUT2D eigenvalue weighted by Crippen LogP contribution is 2.19. The van der Waals surface area contributed by atoms with Crippen molar-refractivity contribution in [1.82, 2.24) is 19.4 Å². The fraction of sp³-hybridized carbons (Fsp3) is 0. The zero-order valence-corrected chi connectivity index (χ0v) is 9.19. The lowest BCUT2D eigenvalue weighted by atomic mass is 10.2. The highest BCUT2D eigenvalue weighted by molar-refractivity contribution is 5.86. The van der Waals surface area contributed by atoms with Crippen LogP contribution in [0.3, 0.4) is 0 Å². The SMILES string of the molecule is O=C(O)c1cn2c(-c3ccncc3)ccnc2n1. The molecule has 0 fully saturated rings. The van der Waals surface area contributed by atoms with Crippen LogP contribution in [0.5, 0.6) is 0 Å². The molecule has 0 saturated heterocycles. The Morgan fingerprint density at radius 3 is 2.67 bits per heavy atom. The third-order valence-corrected chi connectivity index (χ3v) is 2.56. The summed E-state index contributed by atoms with van der Waals surface area (Å²) in [7, 11) is 0. The predicted molar refractivity (Wildman–Crippen MR) is 63.2 cm³/mol. The van der Waals surface area contributed by atoms with Gasteiger partial charge in [0.15, 0.2) is 5.69 Å². The van der Waals surface area contributed by atoms with Crippen molar-refractivity contribution < 1.29 is 9.90 Å². The quantitative estimate of drug-likeness (QED) is 0.734. The highest BCUT2D eigenvalue weighted by atomic mass is 16.4. The lowest BCUT2D eigenvalue weighted by Crippen LogP contribution is -1.95. The molecule has 3 rings (SSSR count). The number of aromatic carboxylic acids is 1. The van der Waals surface area contributed by atoms with Gasteiger partial charge in [-0.25, -0.2) is 14.8 Å². The minimum atomic E-state index is -1.07. The summed E-state index contributed by atoms with van der Waals surface area (Å²) < 4.78 is 1.65. The van der Waals surface area contributed by atoms with Gasteiger partial charge in [0.25, 0.3) is 0 Å². The van der Waals surface area contributed by atoms with Crippen LogP contribution in [0.15, 0.2) is 43.0 Å². The van der Waals surface area contributed by atoms with E-state index in [0.717, 1.165) is 11.3 Å². The maximum atomic E-state index is 10.9. The molecule has 0 aliphatic rings. The number of nitrogens with zero attached hydrogens (tertiary/aromatic N) is 4. The molecule has 0 aliphatic carbocycles. The molecule has 0 bridgehead atoms. The topological polar surface area (TPSA) is 80.4 Å². The molecule has 1 N–H and O–H groups in total. The van der Waals surface area contributed by atoms with Crippen molar-refractivity contribution in [3.05, 3.63) is 48.7 Å². The Labute approximate surface area is 102 Å². The van der Waals surface area contributed by atoms with Gasteiger partial charge in [-0.1, -0.05) is 0 Å². The van der Waals surface area contributed by atoms with E-state index in [9.17, 15) is 4.79 Å². The third kappa shape index (κ3) is 1.60. The molecule has 18 heavy (non-hydrogen) atoms. The molecule has 0 spiro atoms. The van der Waals surface area contributed by atoms with Crippen molar-refractivity contribution in [1.29, 1.82) is 0 Å². The van der Waals surface area contributed by atoms with Crippen LogP contribution < -0.4 is 0 Å². The van der Waals surface area contributed by atoms with Gasteiger partial charge in [0, 0.05) is 30.4 Å². The van der Waals surface area contributed by atoms with E-state index in [2.05, 4.69) is 15.0 Å². The number of imidazole rings is 1. The lowest BCUT2D eigenvalue weighted by Gasteiger charge is -2.03. The Morgan fingerprint density at radius 2 is 1.94 bits per heavy atom. The van der Waals surface area contributed by atoms with Crippen molar-refractivity contribution in [3.63, 3.8) is 0 Å². The van der Waals surface area contributed by atoms with Gasteiger partial charge in [-0.3, -0.25) is 9.38 Å². The van der Waals surface area contributed by atoms with Gasteiger partial charge >= 0.3 is 5.97 Å². The van der Waals surface area contributed by atoms with E-state index in [1.165, 1.54) is 6.20 Å². The molecule has 0 atom stereocenters. The van der Waals surface area contributed by atoms with Gasteiger partial charge in [0.2, 0.25) is 5.78 Å². The van der Waals surface area contributed by atoms with E-state index >= 15 is 0 Å². The molecular formula is C12H8N4O2. The van der Waals surface area contributed by atoms with E-state index in [-0.39, 0.29) is 5.69 Å². The van der Waals surface area contributed by atoms with Gasteiger partial charge in [-0.05, 0) is 18.2 Å². The average Bonchev–Trinajstić information content (AvgIpc) is 2.83. The number of pyridine rings is 1. The van der Waals surface area contributed by atoms with E-state index in [4.69, 9.17) is 5.11 Å². The predicted octanol–water partition coefficient (Wildman–Crippen LogP) is 1.49. The van der Waals surface area contributed by atoms with Crippen LogP contribution in [-0.4, -0.2) is 30.4 Å². The molecule has 0 aliphatic heterocycles. The second-order valence-electron chi connectivity index (χ2n) is 3.67. The standard InChI is InChI=1S/C12H8N4O2/c17-11(18)9-7-16-10(3-6-14-12(16)15-9)8-1-4-13-5-2-8/h1-7H,(H,17,18). The van der Waals surface area contributed by atoms with E-state index in [1.54, 1.807) is 29.1 Å². The first-order valence-corrected chi connectivity index (χ1v) is 5.23. The first-order chi connectivity index (χ1) is 8.75. The Kier molecular flexibility index (Phi) is 2.26. The summed E-state index contributed by atoms with van der Waals surface area (Å²) in [6.45, 7) is 0. The Balaban J connectivity index is 2.27. The zero-order valence-electron chi connectivity index (χ0n) is 9.19. The molecule has 0 radical (unpaired) electrons. The minimum Gasteiger partial charge on any atom is -0.476 e. The maximum Gasteiger partial charge on any atom is 0.356 e. The Morgan fingerprint density at radius 1 is 1.17 bits per heavy atom. The lowest BCUT2D eigenvalue weighted by molar-refractivity contribution is 0.0691. The molecule has 0 amide bonds. The largest absolute Gasteiger partial charge is 0.476 e. The first-order valence-electron chi connectivity index (χ1n) is 5.23. The summed E-state index contributed by atoms with van der Waals surface area (Å²) in [5.74, 6) is -0.706. The summed E-state index contributed by atoms with van der Waals surface area (Å²) in [5.41, 5.74) is 1.72. The fourth-order valence-electron chi connectivity index (χ4n) is 1.75. The van der Waals surface area contributed by atoms with E-state index in [0.29, 0.717) is 5.78 Å². The van der Waals surface area contributed by atoms with E-state index in [1.807, 2.05) is 12.1 Å². The molecule has 0 unspecified atom stereocenters. The van der Waals surface area contributed by atoms with Crippen molar-refractivity contribution in [3.8, 4) is 11.3 Å². The summed E-state index contributed by atoms with van der Waals surface area (Å²) >= 11 is 0. The van der Waals surface area contributed by atoms with Crippen LogP contribution in [0.4, 0.5) is 0 Å². The molecule has 6 heteroatoms. The smallest absolute Gasteiger partial charge is 0.356 e. The van der Waals surface area contributed by atoms with Crippen LogP contribution >= 0.6 is 0 Å². The number of carboxylic acids is 1.